The van der Waals surface area contributed by atoms with Gasteiger partial charge in [-0.3, -0.25) is 0 Å². The summed E-state index contributed by atoms with van der Waals surface area (Å²) in [5.74, 6) is 0. The molecule has 0 radical (unpaired) electrons. The van der Waals surface area contributed by atoms with Crippen molar-refractivity contribution in [3.63, 3.8) is 0 Å². The van der Waals surface area contributed by atoms with Gasteiger partial charge in [0.1, 0.15) is 0 Å². The van der Waals surface area contributed by atoms with Gasteiger partial charge in [-0.05, 0) is 33.0 Å². The van der Waals surface area contributed by atoms with Crippen molar-refractivity contribution in [3.05, 3.63) is 16.6 Å². The highest BCUT2D eigenvalue weighted by Crippen LogP contribution is 2.05. The zero-order valence-corrected chi connectivity index (χ0v) is 9.59. The maximum Gasteiger partial charge on any atom is 0.0795 e. The molecule has 2 N–H and O–H groups in total. The van der Waals surface area contributed by atoms with Gasteiger partial charge in [0.2, 0.25) is 0 Å². The Balaban J connectivity index is 2.07. The van der Waals surface area contributed by atoms with Crippen LogP contribution < -0.4 is 5.73 Å². The van der Waals surface area contributed by atoms with Crippen LogP contribution in [0.3, 0.4) is 0 Å². The first-order chi connectivity index (χ1) is 6.83. The van der Waals surface area contributed by atoms with E-state index in [-0.39, 0.29) is 0 Å². The van der Waals surface area contributed by atoms with Crippen molar-refractivity contribution in [1.29, 1.82) is 0 Å². The van der Waals surface area contributed by atoms with E-state index in [0.717, 1.165) is 26.1 Å². The minimum absolute atomic E-state index is 0.815. The highest BCUT2D eigenvalue weighted by molar-refractivity contribution is 7.07. The standard InChI is InChI=1S/C10H19N3S/c1-13(6-4-2-3-5-11)7-10-8-14-9-12-10/h8-9H,2-7,11H2,1H3. The maximum atomic E-state index is 5.43. The molecule has 4 heteroatoms. The van der Waals surface area contributed by atoms with E-state index in [1.807, 2.05) is 5.51 Å². The number of hydrogen-bond acceptors (Lipinski definition) is 4. The lowest BCUT2D eigenvalue weighted by Gasteiger charge is -2.14. The molecular formula is C10H19N3S. The van der Waals surface area contributed by atoms with Gasteiger partial charge < -0.3 is 10.6 Å². The van der Waals surface area contributed by atoms with Crippen molar-refractivity contribution in [2.45, 2.75) is 25.8 Å². The molecule has 14 heavy (non-hydrogen) atoms. The molecule has 0 atom stereocenters. The van der Waals surface area contributed by atoms with Gasteiger partial charge in [0, 0.05) is 11.9 Å². The Morgan fingerprint density at radius 2 is 2.29 bits per heavy atom. The van der Waals surface area contributed by atoms with Crippen LogP contribution in [-0.4, -0.2) is 30.0 Å². The average Bonchev–Trinajstić information content (AvgIpc) is 2.65. The fourth-order valence-corrected chi connectivity index (χ4v) is 1.92. The summed E-state index contributed by atoms with van der Waals surface area (Å²) in [5.41, 5.74) is 8.50. The number of aromatic nitrogens is 1. The molecule has 0 fully saturated rings. The third-order valence-electron chi connectivity index (χ3n) is 2.16. The van der Waals surface area contributed by atoms with Gasteiger partial charge in [-0.1, -0.05) is 6.42 Å². The van der Waals surface area contributed by atoms with E-state index in [2.05, 4.69) is 22.3 Å². The third-order valence-corrected chi connectivity index (χ3v) is 2.79. The molecule has 0 saturated heterocycles. The van der Waals surface area contributed by atoms with Gasteiger partial charge in [-0.15, -0.1) is 11.3 Å². The molecule has 1 aromatic rings. The number of nitrogens with zero attached hydrogens (tertiary/aromatic N) is 2. The lowest BCUT2D eigenvalue weighted by Crippen LogP contribution is -2.19. The van der Waals surface area contributed by atoms with Crippen LogP contribution in [0.25, 0.3) is 0 Å². The molecule has 0 aliphatic heterocycles. The van der Waals surface area contributed by atoms with Crippen LogP contribution in [0, 0.1) is 0 Å². The van der Waals surface area contributed by atoms with Crippen LogP contribution >= 0.6 is 11.3 Å². The highest BCUT2D eigenvalue weighted by Gasteiger charge is 2.00. The molecule has 1 aromatic heterocycles. The normalized spacial score (nSPS) is 11.1. The van der Waals surface area contributed by atoms with Crippen molar-refractivity contribution in [1.82, 2.24) is 9.88 Å². The van der Waals surface area contributed by atoms with E-state index in [1.54, 1.807) is 11.3 Å². The molecule has 0 amide bonds. The second-order valence-electron chi connectivity index (χ2n) is 3.57. The number of thiazole rings is 1. The van der Waals surface area contributed by atoms with Gasteiger partial charge in [-0.25, -0.2) is 4.98 Å². The van der Waals surface area contributed by atoms with Crippen LogP contribution in [0.5, 0.6) is 0 Å². The zero-order valence-electron chi connectivity index (χ0n) is 8.78. The summed E-state index contributed by atoms with van der Waals surface area (Å²) in [6.45, 7) is 2.92. The fraction of sp³-hybridized carbons (Fsp3) is 0.700. The largest absolute Gasteiger partial charge is 0.330 e. The van der Waals surface area contributed by atoms with E-state index in [0.29, 0.717) is 0 Å². The smallest absolute Gasteiger partial charge is 0.0795 e. The van der Waals surface area contributed by atoms with Crippen LogP contribution in [0.1, 0.15) is 25.0 Å². The van der Waals surface area contributed by atoms with E-state index >= 15 is 0 Å². The summed E-state index contributed by atoms with van der Waals surface area (Å²) in [6, 6.07) is 0. The Bertz CT molecular complexity index is 223. The molecule has 0 aliphatic carbocycles. The van der Waals surface area contributed by atoms with Crippen molar-refractivity contribution in [3.8, 4) is 0 Å². The maximum absolute atomic E-state index is 5.43. The number of unbranched alkanes of at least 4 members (excludes halogenated alkanes) is 2. The molecule has 0 unspecified atom stereocenters. The minimum Gasteiger partial charge on any atom is -0.330 e. The van der Waals surface area contributed by atoms with Crippen LogP contribution in [-0.2, 0) is 6.54 Å². The quantitative estimate of drug-likeness (QED) is 0.701. The molecule has 1 rings (SSSR count). The highest BCUT2D eigenvalue weighted by atomic mass is 32.1. The first-order valence-corrected chi connectivity index (χ1v) is 6.03. The first kappa shape index (κ1) is 11.6. The average molecular weight is 213 g/mol. The van der Waals surface area contributed by atoms with Gasteiger partial charge in [0.25, 0.3) is 0 Å². The number of nitrogens with two attached hydrogens (primary N) is 1. The van der Waals surface area contributed by atoms with Gasteiger partial charge in [0.05, 0.1) is 11.2 Å². The number of rotatable bonds is 7. The topological polar surface area (TPSA) is 42.1 Å². The second-order valence-corrected chi connectivity index (χ2v) is 4.29. The van der Waals surface area contributed by atoms with Gasteiger partial charge >= 0.3 is 0 Å². The molecule has 0 saturated carbocycles. The predicted octanol–water partition coefficient (Wildman–Crippen LogP) is 1.70. The lowest BCUT2D eigenvalue weighted by atomic mass is 10.2. The molecule has 0 spiro atoms. The Labute approximate surface area is 89.9 Å². The monoisotopic (exact) mass is 213 g/mol. The minimum atomic E-state index is 0.815. The fourth-order valence-electron chi connectivity index (χ4n) is 1.37. The predicted molar refractivity (Wildman–Crippen MR) is 61.4 cm³/mol. The van der Waals surface area contributed by atoms with E-state index in [1.165, 1.54) is 18.5 Å². The van der Waals surface area contributed by atoms with E-state index in [9.17, 15) is 0 Å². The molecule has 0 bridgehead atoms. The molecular weight excluding hydrogens is 194 g/mol. The van der Waals surface area contributed by atoms with E-state index in [4.69, 9.17) is 5.73 Å². The molecule has 1 heterocycles. The Kier molecular flexibility index (Phi) is 5.75. The Hall–Kier alpha value is -0.450. The lowest BCUT2D eigenvalue weighted by molar-refractivity contribution is 0.314. The SMILES string of the molecule is CN(CCCCCN)Cc1cscn1. The Morgan fingerprint density at radius 1 is 1.43 bits per heavy atom. The molecule has 0 aromatic carbocycles. The van der Waals surface area contributed by atoms with Crippen LogP contribution in [0.4, 0.5) is 0 Å². The van der Waals surface area contributed by atoms with E-state index < -0.39 is 0 Å². The van der Waals surface area contributed by atoms with Crippen molar-refractivity contribution in [2.75, 3.05) is 20.1 Å². The van der Waals surface area contributed by atoms with Crippen molar-refractivity contribution in [2.24, 2.45) is 5.73 Å². The Morgan fingerprint density at radius 3 is 2.93 bits per heavy atom. The molecule has 3 nitrogen and oxygen atoms in total. The summed E-state index contributed by atoms with van der Waals surface area (Å²) in [7, 11) is 2.14. The first-order valence-electron chi connectivity index (χ1n) is 5.08. The summed E-state index contributed by atoms with van der Waals surface area (Å²) >= 11 is 1.66. The summed E-state index contributed by atoms with van der Waals surface area (Å²) in [4.78, 5) is 6.57. The second kappa shape index (κ2) is 6.92. The number of hydrogen-bond donors (Lipinski definition) is 1. The van der Waals surface area contributed by atoms with Crippen LogP contribution in [0.2, 0.25) is 0 Å². The summed E-state index contributed by atoms with van der Waals surface area (Å²) < 4.78 is 0. The van der Waals surface area contributed by atoms with Crippen molar-refractivity contribution < 1.29 is 0 Å². The summed E-state index contributed by atoms with van der Waals surface area (Å²) in [6.07, 6.45) is 3.61. The summed E-state index contributed by atoms with van der Waals surface area (Å²) in [5, 5.41) is 2.11. The molecule has 0 aliphatic rings. The van der Waals surface area contributed by atoms with Crippen molar-refractivity contribution >= 4 is 11.3 Å². The zero-order chi connectivity index (χ0) is 10.2. The molecule has 80 valence electrons. The van der Waals surface area contributed by atoms with Crippen LogP contribution in [0.15, 0.2) is 10.9 Å². The van der Waals surface area contributed by atoms with Gasteiger partial charge in [0.15, 0.2) is 0 Å². The van der Waals surface area contributed by atoms with Gasteiger partial charge in [-0.2, -0.15) is 0 Å². The third kappa shape index (κ3) is 4.69.